The van der Waals surface area contributed by atoms with Crippen molar-refractivity contribution in [3.8, 4) is 0 Å². The van der Waals surface area contributed by atoms with Crippen molar-refractivity contribution in [3.05, 3.63) is 5.21 Å². The van der Waals surface area contributed by atoms with Crippen LogP contribution in [0.5, 0.6) is 0 Å². The number of nitrogens with one attached hydrogen (secondary N) is 1. The van der Waals surface area contributed by atoms with Crippen LogP contribution < -0.4 is 5.43 Å². The average Bonchev–Trinajstić information content (AvgIpc) is 1.85. The molecule has 0 aliphatic carbocycles. The molecule has 60 valence electrons. The summed E-state index contributed by atoms with van der Waals surface area (Å²) in [6.45, 7) is 1.54. The molecule has 10 heavy (non-hydrogen) atoms. The fraction of sp³-hybridized carbons (Fsp3) is 0.800. The molecular formula is C5H11N2O3-. The third-order valence-electron chi connectivity index (χ3n) is 1.09. The number of carboxylic acids is 1. The van der Waals surface area contributed by atoms with E-state index in [1.807, 2.05) is 0 Å². The van der Waals surface area contributed by atoms with Crippen molar-refractivity contribution in [1.82, 2.24) is 10.6 Å². The highest BCUT2D eigenvalue weighted by Crippen LogP contribution is 1.97. The van der Waals surface area contributed by atoms with E-state index >= 15 is 0 Å². The van der Waals surface area contributed by atoms with Crippen molar-refractivity contribution >= 4 is 5.97 Å². The zero-order valence-corrected chi connectivity index (χ0v) is 6.00. The van der Waals surface area contributed by atoms with Gasteiger partial charge in [0.15, 0.2) is 0 Å². The number of carbonyl (C=O) groups is 1. The van der Waals surface area contributed by atoms with Crippen molar-refractivity contribution in [1.29, 1.82) is 0 Å². The zero-order valence-electron chi connectivity index (χ0n) is 6.00. The van der Waals surface area contributed by atoms with Gasteiger partial charge >= 0.3 is 5.97 Å². The highest BCUT2D eigenvalue weighted by Gasteiger charge is 2.06. The molecule has 0 aromatic rings. The Morgan fingerprint density at radius 2 is 2.40 bits per heavy atom. The van der Waals surface area contributed by atoms with Gasteiger partial charge in [-0.1, -0.05) is 0 Å². The number of hydrogen-bond donors (Lipinski definition) is 2. The molecular weight excluding hydrogens is 136 g/mol. The Balaban J connectivity index is 3.61. The fourth-order valence-electron chi connectivity index (χ4n) is 0.556. The molecule has 0 heterocycles. The van der Waals surface area contributed by atoms with Crippen LogP contribution in [0.1, 0.15) is 13.3 Å². The SMILES string of the molecule is CNN([O-])C(C)CC(=O)O. The van der Waals surface area contributed by atoms with Crippen molar-refractivity contribution in [2.45, 2.75) is 19.4 Å². The quantitative estimate of drug-likeness (QED) is 0.538. The Morgan fingerprint density at radius 1 is 1.90 bits per heavy atom. The van der Waals surface area contributed by atoms with Crippen LogP contribution in [0, 0.1) is 5.21 Å². The number of hydrogen-bond acceptors (Lipinski definition) is 4. The molecule has 0 fully saturated rings. The Bertz CT molecular complexity index is 117. The van der Waals surface area contributed by atoms with E-state index in [-0.39, 0.29) is 6.42 Å². The van der Waals surface area contributed by atoms with Crippen LogP contribution >= 0.6 is 0 Å². The maximum Gasteiger partial charge on any atom is 0.304 e. The van der Waals surface area contributed by atoms with Gasteiger partial charge < -0.3 is 15.5 Å². The largest absolute Gasteiger partial charge is 0.771 e. The first kappa shape index (κ1) is 9.35. The number of hydroxylamine groups is 1. The topological polar surface area (TPSA) is 75.6 Å². The maximum absolute atomic E-state index is 10.6. The molecule has 0 radical (unpaired) electrons. The van der Waals surface area contributed by atoms with Crippen molar-refractivity contribution in [2.75, 3.05) is 7.05 Å². The zero-order chi connectivity index (χ0) is 8.15. The highest BCUT2D eigenvalue weighted by atomic mass is 16.5. The minimum atomic E-state index is -0.969. The van der Waals surface area contributed by atoms with E-state index in [0.29, 0.717) is 5.17 Å². The number of hydrazine groups is 1. The van der Waals surface area contributed by atoms with E-state index in [1.54, 1.807) is 0 Å². The molecule has 2 N–H and O–H groups in total. The summed E-state index contributed by atoms with van der Waals surface area (Å²) in [5, 5.41) is 19.3. The van der Waals surface area contributed by atoms with E-state index in [9.17, 15) is 10.0 Å². The monoisotopic (exact) mass is 147 g/mol. The van der Waals surface area contributed by atoms with Gasteiger partial charge in [-0.05, 0) is 14.0 Å². The van der Waals surface area contributed by atoms with Crippen LogP contribution in [0.25, 0.3) is 0 Å². The molecule has 0 amide bonds. The fourth-order valence-corrected chi connectivity index (χ4v) is 0.556. The van der Waals surface area contributed by atoms with Gasteiger partial charge in [-0.3, -0.25) is 10.2 Å². The molecule has 0 saturated heterocycles. The van der Waals surface area contributed by atoms with Crippen LogP contribution in [0.3, 0.4) is 0 Å². The Kier molecular flexibility index (Phi) is 3.94. The van der Waals surface area contributed by atoms with Gasteiger partial charge in [0, 0.05) is 6.04 Å². The summed E-state index contributed by atoms with van der Waals surface area (Å²) in [5.41, 5.74) is 2.28. The van der Waals surface area contributed by atoms with Gasteiger partial charge in [-0.2, -0.15) is 0 Å². The van der Waals surface area contributed by atoms with Crippen LogP contribution in [0.15, 0.2) is 0 Å². The standard InChI is InChI=1S/C5H11N2O3/c1-4(3-5(8)9)7(10)6-2/h4,6H,3H2,1-2H3,(H,8,9)/q-1. The summed E-state index contributed by atoms with van der Waals surface area (Å²) in [7, 11) is 1.45. The lowest BCUT2D eigenvalue weighted by molar-refractivity contribution is -0.138. The third-order valence-corrected chi connectivity index (χ3v) is 1.09. The second kappa shape index (κ2) is 4.21. The van der Waals surface area contributed by atoms with Crippen molar-refractivity contribution in [3.63, 3.8) is 0 Å². The first-order valence-electron chi connectivity index (χ1n) is 2.93. The summed E-state index contributed by atoms with van der Waals surface area (Å²) in [4.78, 5) is 10.0. The summed E-state index contributed by atoms with van der Waals surface area (Å²) < 4.78 is 0. The van der Waals surface area contributed by atoms with Crippen LogP contribution in [0.2, 0.25) is 0 Å². The number of nitrogens with zero attached hydrogens (tertiary/aromatic N) is 1. The van der Waals surface area contributed by atoms with E-state index < -0.39 is 12.0 Å². The Hall–Kier alpha value is -0.650. The number of rotatable bonds is 4. The van der Waals surface area contributed by atoms with E-state index in [2.05, 4.69) is 5.43 Å². The predicted octanol–water partition coefficient (Wildman–Crippen LogP) is -0.216. The first-order valence-corrected chi connectivity index (χ1v) is 2.93. The lowest BCUT2D eigenvalue weighted by atomic mass is 10.2. The highest BCUT2D eigenvalue weighted by molar-refractivity contribution is 5.67. The molecule has 0 aromatic heterocycles. The molecule has 0 aromatic carbocycles. The summed E-state index contributed by atoms with van der Waals surface area (Å²) in [6, 6.07) is -0.525. The lowest BCUT2D eigenvalue weighted by Gasteiger charge is -2.32. The third kappa shape index (κ3) is 3.39. The molecule has 0 bridgehead atoms. The minimum Gasteiger partial charge on any atom is -0.771 e. The maximum atomic E-state index is 10.6. The summed E-state index contributed by atoms with van der Waals surface area (Å²) >= 11 is 0. The van der Waals surface area contributed by atoms with Gasteiger partial charge in [0.05, 0.1) is 6.42 Å². The number of carboxylic acid groups (broad SMARTS) is 1. The van der Waals surface area contributed by atoms with Crippen molar-refractivity contribution < 1.29 is 9.90 Å². The van der Waals surface area contributed by atoms with Gasteiger partial charge in [-0.25, -0.2) is 0 Å². The molecule has 0 aliphatic heterocycles. The van der Waals surface area contributed by atoms with E-state index in [0.717, 1.165) is 0 Å². The van der Waals surface area contributed by atoms with Gasteiger partial charge in [0.25, 0.3) is 0 Å². The molecule has 0 saturated carbocycles. The predicted molar refractivity (Wildman–Crippen MR) is 36.0 cm³/mol. The van der Waals surface area contributed by atoms with Crippen LogP contribution in [0.4, 0.5) is 0 Å². The van der Waals surface area contributed by atoms with Gasteiger partial charge in [0.1, 0.15) is 0 Å². The van der Waals surface area contributed by atoms with Gasteiger partial charge in [0.2, 0.25) is 0 Å². The smallest absolute Gasteiger partial charge is 0.304 e. The molecule has 1 atom stereocenters. The summed E-state index contributed by atoms with van der Waals surface area (Å²) in [5.74, 6) is -0.969. The normalized spacial score (nSPS) is 13.6. The molecule has 0 aliphatic rings. The molecule has 1 unspecified atom stereocenters. The molecule has 0 spiro atoms. The first-order chi connectivity index (χ1) is 4.57. The van der Waals surface area contributed by atoms with Crippen LogP contribution in [-0.2, 0) is 4.79 Å². The van der Waals surface area contributed by atoms with Gasteiger partial charge in [-0.15, -0.1) is 0 Å². The average molecular weight is 147 g/mol. The second-order valence-electron chi connectivity index (χ2n) is 2.00. The van der Waals surface area contributed by atoms with Crippen LogP contribution in [-0.4, -0.2) is 29.3 Å². The van der Waals surface area contributed by atoms with E-state index in [1.165, 1.54) is 14.0 Å². The Morgan fingerprint density at radius 3 is 2.70 bits per heavy atom. The minimum absolute atomic E-state index is 0.148. The molecule has 0 rings (SSSR count). The Labute approximate surface area is 59.2 Å². The second-order valence-corrected chi connectivity index (χ2v) is 2.00. The number of aliphatic carboxylic acids is 1. The lowest BCUT2D eigenvalue weighted by Crippen LogP contribution is -2.38. The van der Waals surface area contributed by atoms with E-state index in [4.69, 9.17) is 5.11 Å². The molecule has 5 nitrogen and oxygen atoms in total. The van der Waals surface area contributed by atoms with Crippen molar-refractivity contribution in [2.24, 2.45) is 0 Å². The summed E-state index contributed by atoms with van der Waals surface area (Å²) in [6.07, 6.45) is -0.148. The molecule has 5 heteroatoms.